The smallest absolute Gasteiger partial charge is 0.220 e. The van der Waals surface area contributed by atoms with E-state index < -0.39 is 0 Å². The molecule has 1 saturated heterocycles. The highest BCUT2D eigenvalue weighted by Gasteiger charge is 2.22. The first-order valence-electron chi connectivity index (χ1n) is 8.21. The number of amides is 1. The van der Waals surface area contributed by atoms with Crippen LogP contribution in [0.15, 0.2) is 4.99 Å². The molecule has 1 saturated carbocycles. The maximum atomic E-state index is 11.6. The van der Waals surface area contributed by atoms with Crippen LogP contribution in [0.2, 0.25) is 0 Å². The summed E-state index contributed by atoms with van der Waals surface area (Å²) in [5.74, 6) is 0.983. The van der Waals surface area contributed by atoms with E-state index in [0.717, 1.165) is 57.8 Å². The van der Waals surface area contributed by atoms with Crippen LogP contribution in [0.3, 0.4) is 0 Å². The van der Waals surface area contributed by atoms with E-state index in [-0.39, 0.29) is 36.0 Å². The van der Waals surface area contributed by atoms with Crippen LogP contribution in [0.25, 0.3) is 0 Å². The van der Waals surface area contributed by atoms with Gasteiger partial charge in [0.1, 0.15) is 0 Å². The summed E-state index contributed by atoms with van der Waals surface area (Å²) in [5.41, 5.74) is 0. The minimum absolute atomic E-state index is 0. The van der Waals surface area contributed by atoms with Crippen LogP contribution in [0, 0.1) is 0 Å². The van der Waals surface area contributed by atoms with Gasteiger partial charge in [-0.15, -0.1) is 24.0 Å². The Bertz CT molecular complexity index is 355. The molecule has 1 aliphatic heterocycles. The monoisotopic (exact) mass is 424 g/mol. The zero-order valence-corrected chi connectivity index (χ0v) is 15.7. The predicted octanol–water partition coefficient (Wildman–Crippen LogP) is 1.40. The van der Waals surface area contributed by atoms with Crippen molar-refractivity contribution in [3.05, 3.63) is 0 Å². The van der Waals surface area contributed by atoms with Gasteiger partial charge in [-0.25, -0.2) is 0 Å². The van der Waals surface area contributed by atoms with Gasteiger partial charge in [-0.3, -0.25) is 9.79 Å². The number of halogens is 1. The van der Waals surface area contributed by atoms with Crippen molar-refractivity contribution in [3.8, 4) is 0 Å². The number of carbonyl (C=O) groups excluding carboxylic acids is 1. The maximum Gasteiger partial charge on any atom is 0.220 e. The summed E-state index contributed by atoms with van der Waals surface area (Å²) in [5, 5.41) is 9.49. The van der Waals surface area contributed by atoms with Crippen molar-refractivity contribution in [2.45, 2.75) is 57.6 Å². The quantitative estimate of drug-likeness (QED) is 0.238. The molecule has 128 valence electrons. The molecule has 2 aliphatic rings. The Kier molecular flexibility index (Phi) is 9.77. The molecule has 0 aromatic heterocycles. The average Bonchev–Trinajstić information content (AvgIpc) is 3.12. The van der Waals surface area contributed by atoms with E-state index in [1.54, 1.807) is 0 Å². The zero-order chi connectivity index (χ0) is 14.9. The lowest BCUT2D eigenvalue weighted by Gasteiger charge is -2.12. The Morgan fingerprint density at radius 1 is 1.27 bits per heavy atom. The third-order valence-electron chi connectivity index (χ3n) is 3.64. The highest BCUT2D eigenvalue weighted by atomic mass is 127. The van der Waals surface area contributed by atoms with E-state index in [4.69, 9.17) is 4.74 Å². The second-order valence-electron chi connectivity index (χ2n) is 5.73. The molecule has 6 nitrogen and oxygen atoms in total. The second kappa shape index (κ2) is 11.0. The minimum atomic E-state index is 0. The van der Waals surface area contributed by atoms with Gasteiger partial charge in [-0.05, 0) is 39.0 Å². The molecule has 1 atom stereocenters. The molecule has 0 radical (unpaired) electrons. The SMILES string of the molecule is CCNC(=NCC1CCCO1)NCCCC(=O)NC1CC1.I. The van der Waals surface area contributed by atoms with Crippen LogP contribution in [-0.4, -0.2) is 50.3 Å². The van der Waals surface area contributed by atoms with E-state index in [1.165, 1.54) is 0 Å². The maximum absolute atomic E-state index is 11.6. The average molecular weight is 424 g/mol. The fourth-order valence-electron chi connectivity index (χ4n) is 2.31. The number of hydrogen-bond donors (Lipinski definition) is 3. The Hall–Kier alpha value is -0.570. The number of carbonyl (C=O) groups is 1. The van der Waals surface area contributed by atoms with Gasteiger partial charge in [0.2, 0.25) is 5.91 Å². The van der Waals surface area contributed by atoms with Crippen molar-refractivity contribution in [1.29, 1.82) is 0 Å². The van der Waals surface area contributed by atoms with Crippen LogP contribution in [-0.2, 0) is 9.53 Å². The number of hydrogen-bond acceptors (Lipinski definition) is 3. The third kappa shape index (κ3) is 8.17. The predicted molar refractivity (Wildman–Crippen MR) is 98.8 cm³/mol. The number of aliphatic imine (C=N–C) groups is 1. The molecule has 1 unspecified atom stereocenters. The molecule has 0 aromatic carbocycles. The van der Waals surface area contributed by atoms with Gasteiger partial charge >= 0.3 is 0 Å². The second-order valence-corrected chi connectivity index (χ2v) is 5.73. The molecule has 22 heavy (non-hydrogen) atoms. The summed E-state index contributed by atoms with van der Waals surface area (Å²) in [4.78, 5) is 16.1. The third-order valence-corrected chi connectivity index (χ3v) is 3.64. The first-order chi connectivity index (χ1) is 10.3. The molecule has 7 heteroatoms. The van der Waals surface area contributed by atoms with Crippen LogP contribution in [0.1, 0.15) is 45.4 Å². The lowest BCUT2D eigenvalue weighted by atomic mass is 10.2. The van der Waals surface area contributed by atoms with Crippen molar-refractivity contribution >= 4 is 35.8 Å². The van der Waals surface area contributed by atoms with E-state index in [0.29, 0.717) is 19.0 Å². The summed E-state index contributed by atoms with van der Waals surface area (Å²) in [6.07, 6.45) is 6.20. The fourth-order valence-corrected chi connectivity index (χ4v) is 2.31. The summed E-state index contributed by atoms with van der Waals surface area (Å²) in [6, 6.07) is 0.454. The fraction of sp³-hybridized carbons (Fsp3) is 0.867. The largest absolute Gasteiger partial charge is 0.376 e. The van der Waals surface area contributed by atoms with Crippen LogP contribution >= 0.6 is 24.0 Å². The van der Waals surface area contributed by atoms with Gasteiger partial charge in [0.25, 0.3) is 0 Å². The molecule has 0 bridgehead atoms. The summed E-state index contributed by atoms with van der Waals surface area (Å²) < 4.78 is 5.57. The van der Waals surface area contributed by atoms with Crippen molar-refractivity contribution in [2.75, 3.05) is 26.2 Å². The van der Waals surface area contributed by atoms with Crippen molar-refractivity contribution in [1.82, 2.24) is 16.0 Å². The Morgan fingerprint density at radius 2 is 2.09 bits per heavy atom. The summed E-state index contributed by atoms with van der Waals surface area (Å²) >= 11 is 0. The number of guanidine groups is 1. The standard InChI is InChI=1S/C15H28N4O2.HI/c1-2-16-15(18-11-13-5-4-10-21-13)17-9-3-6-14(20)19-12-7-8-12;/h12-13H,2-11H2,1H3,(H,19,20)(H2,16,17,18);1H. The first kappa shape index (κ1) is 19.5. The minimum Gasteiger partial charge on any atom is -0.376 e. The summed E-state index contributed by atoms with van der Waals surface area (Å²) in [7, 11) is 0. The van der Waals surface area contributed by atoms with E-state index in [2.05, 4.69) is 20.9 Å². The number of ether oxygens (including phenoxy) is 1. The Morgan fingerprint density at radius 3 is 2.73 bits per heavy atom. The first-order valence-corrected chi connectivity index (χ1v) is 8.21. The van der Waals surface area contributed by atoms with Crippen molar-refractivity contribution in [2.24, 2.45) is 4.99 Å². The van der Waals surface area contributed by atoms with Gasteiger partial charge in [-0.1, -0.05) is 0 Å². The van der Waals surface area contributed by atoms with Gasteiger partial charge in [-0.2, -0.15) is 0 Å². The molecule has 0 aromatic rings. The topological polar surface area (TPSA) is 74.8 Å². The van der Waals surface area contributed by atoms with Crippen LogP contribution in [0.5, 0.6) is 0 Å². The molecule has 1 aliphatic carbocycles. The molecule has 2 fully saturated rings. The lowest BCUT2D eigenvalue weighted by molar-refractivity contribution is -0.121. The van der Waals surface area contributed by atoms with Gasteiger partial charge in [0.15, 0.2) is 5.96 Å². The number of rotatable bonds is 8. The van der Waals surface area contributed by atoms with Gasteiger partial charge < -0.3 is 20.7 Å². The lowest BCUT2D eigenvalue weighted by Crippen LogP contribution is -2.38. The van der Waals surface area contributed by atoms with Crippen LogP contribution < -0.4 is 16.0 Å². The molecule has 1 heterocycles. The number of nitrogens with one attached hydrogen (secondary N) is 3. The van der Waals surface area contributed by atoms with Crippen LogP contribution in [0.4, 0.5) is 0 Å². The molecule has 3 N–H and O–H groups in total. The van der Waals surface area contributed by atoms with E-state index >= 15 is 0 Å². The molecule has 1 amide bonds. The van der Waals surface area contributed by atoms with Gasteiger partial charge in [0, 0.05) is 32.2 Å². The highest BCUT2D eigenvalue weighted by molar-refractivity contribution is 14.0. The van der Waals surface area contributed by atoms with E-state index in [1.807, 2.05) is 6.92 Å². The molecule has 0 spiro atoms. The summed E-state index contributed by atoms with van der Waals surface area (Å²) in [6.45, 7) is 5.21. The van der Waals surface area contributed by atoms with Gasteiger partial charge in [0.05, 0.1) is 12.6 Å². The molecular weight excluding hydrogens is 395 g/mol. The molecule has 2 rings (SSSR count). The molecular formula is C15H29IN4O2. The Labute approximate surface area is 150 Å². The Balaban J connectivity index is 0.00000242. The number of nitrogens with zero attached hydrogens (tertiary/aromatic N) is 1. The van der Waals surface area contributed by atoms with Crippen molar-refractivity contribution < 1.29 is 9.53 Å². The zero-order valence-electron chi connectivity index (χ0n) is 13.4. The highest BCUT2D eigenvalue weighted by Crippen LogP contribution is 2.18. The normalized spacial score (nSPS) is 21.1. The van der Waals surface area contributed by atoms with E-state index in [9.17, 15) is 4.79 Å². The van der Waals surface area contributed by atoms with Crippen molar-refractivity contribution in [3.63, 3.8) is 0 Å².